The summed E-state index contributed by atoms with van der Waals surface area (Å²) < 4.78 is 58.2. The number of benzene rings is 1. The van der Waals surface area contributed by atoms with Crippen LogP contribution in [0.25, 0.3) is 0 Å². The zero-order valence-corrected chi connectivity index (χ0v) is 22.9. The predicted octanol–water partition coefficient (Wildman–Crippen LogP) is 6.09. The molecule has 35 heavy (non-hydrogen) atoms. The van der Waals surface area contributed by atoms with Gasteiger partial charge in [0.15, 0.2) is 0 Å². The fraction of sp³-hybridized carbons (Fsp3) is 0.478. The first-order valence-electron chi connectivity index (χ1n) is 10.5. The normalized spacial score (nSPS) is 14.7. The van der Waals surface area contributed by atoms with Gasteiger partial charge in [0.1, 0.15) is 18.1 Å². The number of hydrogen-bond donors (Lipinski definition) is 1. The Balaban J connectivity index is 0.000000427. The van der Waals surface area contributed by atoms with E-state index in [1.165, 1.54) is 13.0 Å². The average Bonchev–Trinajstić information content (AvgIpc) is 2.71. The first-order valence-corrected chi connectivity index (χ1v) is 12.1. The minimum atomic E-state index is -4.86. The highest BCUT2D eigenvalue weighted by atomic mass is 79.9. The number of esters is 1. The maximum atomic E-state index is 13.8. The SMILES string of the molecule is CC(=S)/C=C(\N(N)C(=O)Cc1cc(C)c(Br)cc1F)C(F)(F)F.CC(=S)COC(=O)C1(C)CCC1. The van der Waals surface area contributed by atoms with Crippen LogP contribution in [0, 0.1) is 18.2 Å². The van der Waals surface area contributed by atoms with Crippen molar-refractivity contribution in [2.24, 2.45) is 11.3 Å². The lowest BCUT2D eigenvalue weighted by Crippen LogP contribution is -2.43. The van der Waals surface area contributed by atoms with Gasteiger partial charge in [-0.2, -0.15) is 13.2 Å². The maximum absolute atomic E-state index is 13.8. The zero-order valence-electron chi connectivity index (χ0n) is 19.7. The van der Waals surface area contributed by atoms with Crippen LogP contribution < -0.4 is 5.84 Å². The number of carbonyl (C=O) groups excluding carboxylic acids is 2. The third kappa shape index (κ3) is 9.66. The number of alkyl halides is 3. The van der Waals surface area contributed by atoms with Gasteiger partial charge in [0.2, 0.25) is 5.91 Å². The number of aryl methyl sites for hydroxylation is 1. The quantitative estimate of drug-likeness (QED) is 0.0779. The molecule has 0 heterocycles. The van der Waals surface area contributed by atoms with Crippen molar-refractivity contribution in [3.8, 4) is 0 Å². The monoisotopic (exact) mass is 598 g/mol. The molecular weight excluding hydrogens is 572 g/mol. The summed E-state index contributed by atoms with van der Waals surface area (Å²) in [5.74, 6) is 3.36. The van der Waals surface area contributed by atoms with Gasteiger partial charge in [-0.25, -0.2) is 15.2 Å². The minimum absolute atomic E-state index is 0.0490. The van der Waals surface area contributed by atoms with E-state index in [4.69, 9.17) is 22.8 Å². The summed E-state index contributed by atoms with van der Waals surface area (Å²) in [6, 6.07) is 2.51. The Labute approximate surface area is 221 Å². The molecule has 1 aromatic rings. The third-order valence-corrected chi connectivity index (χ3v) is 6.27. The summed E-state index contributed by atoms with van der Waals surface area (Å²) in [7, 11) is 0. The minimum Gasteiger partial charge on any atom is -0.460 e. The smallest absolute Gasteiger partial charge is 0.433 e. The lowest BCUT2D eigenvalue weighted by molar-refractivity contribution is -0.158. The molecular formula is C23H27BrF4N2O3S2. The first-order chi connectivity index (χ1) is 16.0. The molecule has 0 spiro atoms. The van der Waals surface area contributed by atoms with Crippen molar-refractivity contribution in [1.82, 2.24) is 5.01 Å². The molecule has 194 valence electrons. The van der Waals surface area contributed by atoms with Gasteiger partial charge in [-0.15, -0.1) is 0 Å². The number of rotatable bonds is 7. The van der Waals surface area contributed by atoms with Crippen molar-refractivity contribution in [3.63, 3.8) is 0 Å². The highest BCUT2D eigenvalue weighted by Gasteiger charge is 2.41. The highest BCUT2D eigenvalue weighted by Crippen LogP contribution is 2.41. The Morgan fingerprint density at radius 3 is 2.26 bits per heavy atom. The predicted molar refractivity (Wildman–Crippen MR) is 137 cm³/mol. The fourth-order valence-electron chi connectivity index (χ4n) is 2.97. The van der Waals surface area contributed by atoms with Crippen LogP contribution in [0.2, 0.25) is 0 Å². The molecule has 1 aromatic carbocycles. The number of amides is 1. The van der Waals surface area contributed by atoms with Crippen molar-refractivity contribution < 1.29 is 31.9 Å². The highest BCUT2D eigenvalue weighted by molar-refractivity contribution is 9.10. The van der Waals surface area contributed by atoms with Gasteiger partial charge in [-0.3, -0.25) is 9.59 Å². The van der Waals surface area contributed by atoms with Crippen molar-refractivity contribution in [2.75, 3.05) is 6.61 Å². The topological polar surface area (TPSA) is 72.6 Å². The fourth-order valence-corrected chi connectivity index (χ4v) is 3.45. The van der Waals surface area contributed by atoms with Gasteiger partial charge in [0.05, 0.1) is 11.8 Å². The summed E-state index contributed by atoms with van der Waals surface area (Å²) in [4.78, 5) is 24.0. The standard InChI is InChI=1S/C14H13BrF4N2OS.C9H14O2S/c1-7-3-9(11(16)6-10(7)15)5-13(22)21(20)12(4-8(2)23)14(17,18)19;1-7(12)6-11-8(10)9(2)4-3-5-9/h3-4,6H,5,20H2,1-2H3;3-6H2,1-2H3/b12-4-;. The lowest BCUT2D eigenvalue weighted by atomic mass is 9.70. The number of halogens is 5. The van der Waals surface area contributed by atoms with Gasteiger partial charge in [0.25, 0.3) is 0 Å². The van der Waals surface area contributed by atoms with Crippen LogP contribution in [0.5, 0.6) is 0 Å². The van der Waals surface area contributed by atoms with E-state index in [1.54, 1.807) is 13.8 Å². The summed E-state index contributed by atoms with van der Waals surface area (Å²) >= 11 is 12.5. The van der Waals surface area contributed by atoms with Crippen molar-refractivity contribution >= 4 is 62.0 Å². The molecule has 0 saturated heterocycles. The number of carbonyl (C=O) groups is 2. The van der Waals surface area contributed by atoms with E-state index in [0.717, 1.165) is 30.2 Å². The number of nitrogens with zero attached hydrogens (tertiary/aromatic N) is 1. The second kappa shape index (κ2) is 13.0. The third-order valence-electron chi connectivity index (χ3n) is 5.18. The van der Waals surface area contributed by atoms with Gasteiger partial charge in [-0.1, -0.05) is 52.9 Å². The van der Waals surface area contributed by atoms with Gasteiger partial charge >= 0.3 is 12.1 Å². The first kappa shape index (κ1) is 31.3. The van der Waals surface area contributed by atoms with Crippen LogP contribution in [-0.4, -0.2) is 39.4 Å². The Morgan fingerprint density at radius 2 is 1.83 bits per heavy atom. The van der Waals surface area contributed by atoms with E-state index in [0.29, 0.717) is 22.7 Å². The van der Waals surface area contributed by atoms with E-state index >= 15 is 0 Å². The molecule has 0 bridgehead atoms. The van der Waals surface area contributed by atoms with Gasteiger partial charge in [-0.05, 0) is 63.8 Å². The molecule has 5 nitrogen and oxygen atoms in total. The van der Waals surface area contributed by atoms with Crippen molar-refractivity contribution in [2.45, 2.75) is 59.6 Å². The number of ether oxygens (including phenoxy) is 1. The molecule has 0 unspecified atom stereocenters. The molecule has 2 N–H and O–H groups in total. The van der Waals surface area contributed by atoms with Gasteiger partial charge < -0.3 is 4.74 Å². The zero-order chi connectivity index (χ0) is 27.1. The van der Waals surface area contributed by atoms with Crippen molar-refractivity contribution in [1.29, 1.82) is 0 Å². The number of thiocarbonyl (C=S) groups is 2. The van der Waals surface area contributed by atoms with Crippen LogP contribution in [-0.2, 0) is 20.7 Å². The Hall–Kier alpha value is -1.76. The molecule has 0 atom stereocenters. The summed E-state index contributed by atoms with van der Waals surface area (Å²) in [6.45, 7) is 6.96. The van der Waals surface area contributed by atoms with Crippen LogP contribution in [0.15, 0.2) is 28.4 Å². The summed E-state index contributed by atoms with van der Waals surface area (Å²) in [5, 5.41) is -0.0490. The van der Waals surface area contributed by atoms with Crippen LogP contribution >= 0.6 is 40.4 Å². The molecule has 1 saturated carbocycles. The van der Waals surface area contributed by atoms with E-state index in [9.17, 15) is 27.2 Å². The van der Waals surface area contributed by atoms with Gasteiger partial charge in [0, 0.05) is 14.2 Å². The number of hydrogen-bond acceptors (Lipinski definition) is 6. The number of hydrazine groups is 1. The molecule has 1 fully saturated rings. The second-order valence-corrected chi connectivity index (χ2v) is 10.7. The van der Waals surface area contributed by atoms with Crippen molar-refractivity contribution in [3.05, 3.63) is 45.3 Å². The molecule has 0 aromatic heterocycles. The number of nitrogens with two attached hydrogens (primary N) is 1. The Morgan fingerprint density at radius 1 is 1.26 bits per heavy atom. The van der Waals surface area contributed by atoms with E-state index in [1.807, 2.05) is 6.92 Å². The molecule has 1 amide bonds. The molecule has 1 aliphatic carbocycles. The summed E-state index contributed by atoms with van der Waals surface area (Å²) in [6.07, 6.45) is -1.83. The average molecular weight is 600 g/mol. The van der Waals surface area contributed by atoms with Crippen LogP contribution in [0.4, 0.5) is 17.6 Å². The summed E-state index contributed by atoms with van der Waals surface area (Å²) in [5.41, 5.74) is -1.01. The van der Waals surface area contributed by atoms with E-state index < -0.39 is 30.0 Å². The maximum Gasteiger partial charge on any atom is 0.433 e. The lowest BCUT2D eigenvalue weighted by Gasteiger charge is -2.35. The molecule has 12 heteroatoms. The molecule has 0 radical (unpaired) electrons. The molecule has 0 aliphatic heterocycles. The van der Waals surface area contributed by atoms with Crippen LogP contribution in [0.3, 0.4) is 0 Å². The van der Waals surface area contributed by atoms with E-state index in [2.05, 4.69) is 28.1 Å². The second-order valence-electron chi connectivity index (χ2n) is 8.46. The molecule has 1 aliphatic rings. The number of allylic oxidation sites excluding steroid dienone is 2. The Kier molecular flexibility index (Phi) is 11.6. The largest absolute Gasteiger partial charge is 0.460 e. The van der Waals surface area contributed by atoms with Crippen LogP contribution in [0.1, 0.15) is 51.2 Å². The molecule has 2 rings (SSSR count). The van der Waals surface area contributed by atoms with E-state index in [-0.39, 0.29) is 26.8 Å². The Bertz CT molecular complexity index is 1020.